The Morgan fingerprint density at radius 3 is 2.84 bits per heavy atom. The number of benzene rings is 1. The van der Waals surface area contributed by atoms with E-state index < -0.39 is 0 Å². The summed E-state index contributed by atoms with van der Waals surface area (Å²) in [5.41, 5.74) is 1.03. The van der Waals surface area contributed by atoms with Crippen molar-refractivity contribution in [2.45, 2.75) is 26.3 Å². The molecule has 0 amide bonds. The smallest absolute Gasteiger partial charge is 0.314 e. The minimum Gasteiger partial charge on any atom is -0.633 e. The van der Waals surface area contributed by atoms with E-state index in [1.807, 2.05) is 30.3 Å². The summed E-state index contributed by atoms with van der Waals surface area (Å²) in [5.74, 6) is -0.455. The summed E-state index contributed by atoms with van der Waals surface area (Å²) in [7, 11) is 0. The van der Waals surface area contributed by atoms with E-state index in [2.05, 4.69) is 0 Å². The molecule has 1 aliphatic heterocycles. The zero-order chi connectivity index (χ0) is 13.7. The third-order valence-corrected chi connectivity index (χ3v) is 3.60. The number of piperidine rings is 1. The van der Waals surface area contributed by atoms with Gasteiger partial charge in [-0.2, -0.15) is 0 Å². The lowest BCUT2D eigenvalue weighted by Crippen LogP contribution is -2.50. The maximum Gasteiger partial charge on any atom is 0.314 e. The topological polar surface area (TPSA) is 49.4 Å². The molecule has 1 aromatic carbocycles. The second-order valence-electron chi connectivity index (χ2n) is 5.20. The van der Waals surface area contributed by atoms with E-state index in [1.54, 1.807) is 6.92 Å². The molecule has 4 nitrogen and oxygen atoms in total. The van der Waals surface area contributed by atoms with Gasteiger partial charge in [-0.15, -0.1) is 0 Å². The fraction of sp³-hybridized carbons (Fsp3) is 0.533. The minimum atomic E-state index is -0.312. The number of esters is 1. The third kappa shape index (κ3) is 3.78. The monoisotopic (exact) mass is 263 g/mol. The molecule has 19 heavy (non-hydrogen) atoms. The molecule has 4 heteroatoms. The Balaban J connectivity index is 2.00. The first-order valence-corrected chi connectivity index (χ1v) is 6.90. The van der Waals surface area contributed by atoms with Crippen LogP contribution in [0.1, 0.15) is 25.3 Å². The summed E-state index contributed by atoms with van der Waals surface area (Å²) in [5, 5.41) is 12.7. The Morgan fingerprint density at radius 2 is 2.16 bits per heavy atom. The third-order valence-electron chi connectivity index (χ3n) is 3.60. The van der Waals surface area contributed by atoms with E-state index >= 15 is 0 Å². The number of hydrogen-bond donors (Lipinski definition) is 0. The highest BCUT2D eigenvalue weighted by atomic mass is 16.6. The van der Waals surface area contributed by atoms with Crippen LogP contribution >= 0.6 is 0 Å². The predicted molar refractivity (Wildman–Crippen MR) is 72.9 cm³/mol. The fourth-order valence-electron chi connectivity index (χ4n) is 2.72. The first-order valence-electron chi connectivity index (χ1n) is 6.90. The molecule has 1 fully saturated rings. The van der Waals surface area contributed by atoms with Crippen LogP contribution in [0, 0.1) is 11.1 Å². The van der Waals surface area contributed by atoms with E-state index in [9.17, 15) is 10.0 Å². The van der Waals surface area contributed by atoms with Crippen molar-refractivity contribution in [3.63, 3.8) is 0 Å². The second-order valence-corrected chi connectivity index (χ2v) is 5.20. The van der Waals surface area contributed by atoms with Gasteiger partial charge in [-0.25, -0.2) is 0 Å². The predicted octanol–water partition coefficient (Wildman–Crippen LogP) is 2.47. The van der Waals surface area contributed by atoms with Crippen molar-refractivity contribution in [1.82, 2.24) is 0 Å². The highest BCUT2D eigenvalue weighted by Gasteiger charge is 2.33. The van der Waals surface area contributed by atoms with E-state index in [-0.39, 0.29) is 16.5 Å². The van der Waals surface area contributed by atoms with Crippen molar-refractivity contribution in [3.05, 3.63) is 41.1 Å². The van der Waals surface area contributed by atoms with E-state index in [1.165, 1.54) is 0 Å². The highest BCUT2D eigenvalue weighted by molar-refractivity contribution is 5.72. The molecular weight excluding hydrogens is 242 g/mol. The molecule has 0 aliphatic carbocycles. The number of ether oxygens (including phenoxy) is 1. The van der Waals surface area contributed by atoms with Gasteiger partial charge in [-0.1, -0.05) is 30.3 Å². The number of carbonyl (C=O) groups excluding carboxylic acids is 1. The van der Waals surface area contributed by atoms with Gasteiger partial charge >= 0.3 is 5.97 Å². The van der Waals surface area contributed by atoms with Gasteiger partial charge in [0, 0.05) is 5.56 Å². The van der Waals surface area contributed by atoms with Gasteiger partial charge in [0.25, 0.3) is 0 Å². The van der Waals surface area contributed by atoms with Crippen molar-refractivity contribution in [3.8, 4) is 0 Å². The lowest BCUT2D eigenvalue weighted by molar-refractivity contribution is -0.901. The quantitative estimate of drug-likeness (QED) is 0.476. The number of likely N-dealkylation sites (tertiary alicyclic amines) is 1. The number of nitrogens with zero attached hydrogens (tertiary/aromatic N) is 1. The van der Waals surface area contributed by atoms with Crippen LogP contribution in [0.25, 0.3) is 0 Å². The van der Waals surface area contributed by atoms with Gasteiger partial charge in [0.05, 0.1) is 19.7 Å². The maximum absolute atomic E-state index is 12.7. The molecule has 2 unspecified atom stereocenters. The van der Waals surface area contributed by atoms with Gasteiger partial charge in [-0.05, 0) is 19.8 Å². The standard InChI is InChI=1S/C15H21NO3/c1-2-19-15(17)14-9-6-10-16(18,12-14)11-13-7-4-3-5-8-13/h3-5,7-8,14H,2,6,9-12H2,1H3. The maximum atomic E-state index is 12.7. The Hall–Kier alpha value is -1.39. The Labute approximate surface area is 114 Å². The van der Waals surface area contributed by atoms with Crippen LogP contribution in [0.15, 0.2) is 30.3 Å². The van der Waals surface area contributed by atoms with Gasteiger partial charge in [0.1, 0.15) is 12.5 Å². The average molecular weight is 263 g/mol. The van der Waals surface area contributed by atoms with Crippen LogP contribution in [0.3, 0.4) is 0 Å². The largest absolute Gasteiger partial charge is 0.633 e. The molecule has 0 radical (unpaired) electrons. The zero-order valence-electron chi connectivity index (χ0n) is 11.4. The molecule has 0 bridgehead atoms. The Morgan fingerprint density at radius 1 is 1.42 bits per heavy atom. The van der Waals surface area contributed by atoms with Gasteiger partial charge in [0.2, 0.25) is 0 Å². The summed E-state index contributed by atoms with van der Waals surface area (Å²) >= 11 is 0. The first kappa shape index (κ1) is 14.0. The van der Waals surface area contributed by atoms with Crippen molar-refractivity contribution in [1.29, 1.82) is 0 Å². The lowest BCUT2D eigenvalue weighted by Gasteiger charge is -2.47. The molecule has 0 aromatic heterocycles. The van der Waals surface area contributed by atoms with Crippen LogP contribution in [0.2, 0.25) is 0 Å². The van der Waals surface area contributed by atoms with Crippen LogP contribution in [0.5, 0.6) is 0 Å². The second kappa shape index (κ2) is 6.17. The molecule has 0 saturated carbocycles. The number of carbonyl (C=O) groups is 1. The minimum absolute atomic E-state index is 0.214. The first-order chi connectivity index (χ1) is 9.13. The molecule has 1 aliphatic rings. The van der Waals surface area contributed by atoms with Crippen molar-refractivity contribution in [2.75, 3.05) is 19.7 Å². The zero-order valence-corrected chi connectivity index (χ0v) is 11.4. The van der Waals surface area contributed by atoms with Crippen LogP contribution < -0.4 is 0 Å². The molecule has 1 saturated heterocycles. The summed E-state index contributed by atoms with van der Waals surface area (Å²) in [6.07, 6.45) is 1.57. The molecule has 1 aromatic rings. The highest BCUT2D eigenvalue weighted by Crippen LogP contribution is 2.26. The Bertz CT molecular complexity index is 421. The van der Waals surface area contributed by atoms with E-state index in [4.69, 9.17) is 4.74 Å². The summed E-state index contributed by atoms with van der Waals surface area (Å²) in [4.78, 5) is 11.8. The van der Waals surface area contributed by atoms with Crippen LogP contribution in [-0.4, -0.2) is 30.3 Å². The van der Waals surface area contributed by atoms with Gasteiger partial charge in [0.15, 0.2) is 0 Å². The number of hydroxylamine groups is 3. The Kier molecular flexibility index (Phi) is 4.56. The summed E-state index contributed by atoms with van der Waals surface area (Å²) in [6, 6.07) is 9.75. The SMILES string of the molecule is CCOC(=O)C1CCC[N+]([O-])(Cc2ccccc2)C1. The van der Waals surface area contributed by atoms with Crippen molar-refractivity contribution in [2.24, 2.45) is 5.92 Å². The fourth-order valence-corrected chi connectivity index (χ4v) is 2.72. The number of quaternary nitrogens is 1. The van der Waals surface area contributed by atoms with E-state index in [0.717, 1.165) is 18.4 Å². The van der Waals surface area contributed by atoms with E-state index in [0.29, 0.717) is 26.2 Å². The molecule has 1 heterocycles. The molecular formula is C15H21NO3. The van der Waals surface area contributed by atoms with Crippen LogP contribution in [-0.2, 0) is 16.1 Å². The molecule has 0 N–H and O–H groups in total. The average Bonchev–Trinajstić information content (AvgIpc) is 2.39. The van der Waals surface area contributed by atoms with Gasteiger partial charge in [-0.3, -0.25) is 4.79 Å². The van der Waals surface area contributed by atoms with Gasteiger partial charge < -0.3 is 14.6 Å². The number of hydrogen-bond acceptors (Lipinski definition) is 3. The molecule has 2 atom stereocenters. The summed E-state index contributed by atoms with van der Waals surface area (Å²) < 4.78 is 4.73. The van der Waals surface area contributed by atoms with Crippen LogP contribution in [0.4, 0.5) is 0 Å². The molecule has 0 spiro atoms. The molecule has 104 valence electrons. The lowest BCUT2D eigenvalue weighted by atomic mass is 9.97. The van der Waals surface area contributed by atoms with Crippen molar-refractivity contribution >= 4 is 5.97 Å². The summed E-state index contributed by atoms with van der Waals surface area (Å²) in [6.45, 7) is 3.55. The van der Waals surface area contributed by atoms with Crippen molar-refractivity contribution < 1.29 is 14.2 Å². The normalized spacial score (nSPS) is 26.9. The molecule has 2 rings (SSSR count). The number of rotatable bonds is 4.